The maximum Gasteiger partial charge on any atom is 0.268 e. The fourth-order valence-corrected chi connectivity index (χ4v) is 5.41. The van der Waals surface area contributed by atoms with Crippen LogP contribution < -0.4 is 10.6 Å². The molecule has 2 aliphatic rings. The lowest BCUT2D eigenvalue weighted by Gasteiger charge is -2.43. The van der Waals surface area contributed by atoms with Crippen LogP contribution in [0.5, 0.6) is 0 Å². The highest BCUT2D eigenvalue weighted by Gasteiger charge is 2.55. The summed E-state index contributed by atoms with van der Waals surface area (Å²) in [6.45, 7) is 7.96. The minimum absolute atomic E-state index is 0. The molecular weight excluding hydrogens is 464 g/mol. The molecule has 0 radical (unpaired) electrons. The highest BCUT2D eigenvalue weighted by atomic mass is 35.5. The molecule has 4 rings (SSSR count). The number of aliphatic hydroxyl groups is 1. The van der Waals surface area contributed by atoms with E-state index in [0.717, 1.165) is 38.1 Å². The summed E-state index contributed by atoms with van der Waals surface area (Å²) in [5, 5.41) is 11.7. The lowest BCUT2D eigenvalue weighted by atomic mass is 9.78. The van der Waals surface area contributed by atoms with Crippen LogP contribution in [-0.2, 0) is 10.4 Å². The standard InChI is InChI=1S/C25H29F2N3O3.ClH/c1-4-29(5-2)17-10-15(11-17)13-30-20-12-16(23(28)31)9-14(3)21(20)25(33,24(30)32)22-18(26)7-6-8-19(22)27;/h6-9,12,15,17,33H,4-5,10-11,13H2,1-3H3,(H2,28,31);1H. The Labute approximate surface area is 204 Å². The van der Waals surface area contributed by atoms with Gasteiger partial charge in [-0.2, -0.15) is 0 Å². The Kier molecular flexibility index (Phi) is 7.36. The average molecular weight is 494 g/mol. The van der Waals surface area contributed by atoms with Crippen LogP contribution >= 0.6 is 12.4 Å². The monoisotopic (exact) mass is 493 g/mol. The van der Waals surface area contributed by atoms with Gasteiger partial charge in [-0.05, 0) is 68.6 Å². The van der Waals surface area contributed by atoms with E-state index in [-0.39, 0.29) is 41.7 Å². The molecule has 1 aliphatic carbocycles. The highest BCUT2D eigenvalue weighted by molar-refractivity contribution is 6.11. The van der Waals surface area contributed by atoms with E-state index in [9.17, 15) is 23.5 Å². The van der Waals surface area contributed by atoms with Crippen molar-refractivity contribution in [3.63, 3.8) is 0 Å². The zero-order chi connectivity index (χ0) is 24.1. The summed E-state index contributed by atoms with van der Waals surface area (Å²) in [7, 11) is 0. The highest BCUT2D eigenvalue weighted by Crippen LogP contribution is 2.49. The third-order valence-corrected chi connectivity index (χ3v) is 7.11. The molecule has 1 saturated carbocycles. The molecule has 1 unspecified atom stereocenters. The molecule has 0 aromatic heterocycles. The van der Waals surface area contributed by atoms with Gasteiger partial charge in [0.15, 0.2) is 0 Å². The summed E-state index contributed by atoms with van der Waals surface area (Å²) >= 11 is 0. The summed E-state index contributed by atoms with van der Waals surface area (Å²) in [6.07, 6.45) is 1.75. The van der Waals surface area contributed by atoms with Crippen LogP contribution in [0.2, 0.25) is 0 Å². The Balaban J connectivity index is 0.00000324. The van der Waals surface area contributed by atoms with Gasteiger partial charge in [0.05, 0.1) is 11.3 Å². The quantitative estimate of drug-likeness (QED) is 0.618. The third kappa shape index (κ3) is 3.97. The molecule has 2 aromatic carbocycles. The van der Waals surface area contributed by atoms with E-state index in [0.29, 0.717) is 11.6 Å². The minimum Gasteiger partial charge on any atom is -0.371 e. The van der Waals surface area contributed by atoms with E-state index in [1.807, 2.05) is 0 Å². The molecule has 0 saturated heterocycles. The number of hydrogen-bond donors (Lipinski definition) is 2. The number of benzene rings is 2. The Hall–Kier alpha value is -2.55. The number of rotatable bonds is 7. The van der Waals surface area contributed by atoms with Crippen molar-refractivity contribution in [2.24, 2.45) is 11.7 Å². The Morgan fingerprint density at radius 3 is 2.29 bits per heavy atom. The van der Waals surface area contributed by atoms with Crippen molar-refractivity contribution in [2.75, 3.05) is 24.5 Å². The molecule has 1 fully saturated rings. The van der Waals surface area contributed by atoms with E-state index in [1.165, 1.54) is 23.1 Å². The van der Waals surface area contributed by atoms with Crippen molar-refractivity contribution < 1.29 is 23.5 Å². The molecule has 0 spiro atoms. The van der Waals surface area contributed by atoms with Gasteiger partial charge in [0.1, 0.15) is 11.6 Å². The van der Waals surface area contributed by atoms with Crippen LogP contribution in [0.15, 0.2) is 30.3 Å². The van der Waals surface area contributed by atoms with E-state index in [1.54, 1.807) is 6.92 Å². The van der Waals surface area contributed by atoms with Gasteiger partial charge in [0.2, 0.25) is 11.5 Å². The molecular formula is C25H30ClF2N3O3. The van der Waals surface area contributed by atoms with Gasteiger partial charge in [-0.1, -0.05) is 19.9 Å². The summed E-state index contributed by atoms with van der Waals surface area (Å²) in [6, 6.07) is 6.49. The molecule has 2 amide bonds. The Morgan fingerprint density at radius 1 is 1.18 bits per heavy atom. The van der Waals surface area contributed by atoms with E-state index in [2.05, 4.69) is 18.7 Å². The van der Waals surface area contributed by atoms with E-state index >= 15 is 0 Å². The SMILES string of the molecule is CCN(CC)C1CC(CN2C(=O)C(O)(c3c(F)cccc3F)c3c(C)cc(C(N)=O)cc32)C1.Cl. The molecule has 2 aromatic rings. The first-order chi connectivity index (χ1) is 15.6. The molecule has 1 atom stereocenters. The summed E-state index contributed by atoms with van der Waals surface area (Å²) in [5.74, 6) is -3.37. The number of primary amides is 1. The van der Waals surface area contributed by atoms with Crippen LogP contribution in [-0.4, -0.2) is 47.5 Å². The van der Waals surface area contributed by atoms with Crippen molar-refractivity contribution in [2.45, 2.75) is 45.3 Å². The maximum atomic E-state index is 14.8. The maximum absolute atomic E-state index is 14.8. The number of nitrogens with two attached hydrogens (primary N) is 1. The fourth-order valence-electron chi connectivity index (χ4n) is 5.41. The normalized spacial score (nSPS) is 23.5. The van der Waals surface area contributed by atoms with Gasteiger partial charge >= 0.3 is 0 Å². The number of amides is 2. The second-order valence-corrected chi connectivity index (χ2v) is 8.99. The minimum atomic E-state index is -2.53. The number of carbonyl (C=O) groups is 2. The number of anilines is 1. The van der Waals surface area contributed by atoms with E-state index in [4.69, 9.17) is 5.73 Å². The van der Waals surface area contributed by atoms with Crippen molar-refractivity contribution in [3.05, 3.63) is 64.2 Å². The zero-order valence-electron chi connectivity index (χ0n) is 19.5. The van der Waals surface area contributed by atoms with Crippen molar-refractivity contribution in [1.29, 1.82) is 0 Å². The van der Waals surface area contributed by atoms with Gasteiger partial charge in [0.25, 0.3) is 5.91 Å². The molecule has 184 valence electrons. The third-order valence-electron chi connectivity index (χ3n) is 7.11. The first kappa shape index (κ1) is 26.1. The van der Waals surface area contributed by atoms with Gasteiger partial charge < -0.3 is 20.6 Å². The lowest BCUT2D eigenvalue weighted by molar-refractivity contribution is -0.133. The molecule has 9 heteroatoms. The van der Waals surface area contributed by atoms with Crippen LogP contribution in [0.4, 0.5) is 14.5 Å². The Bertz CT molecular complexity index is 1100. The topological polar surface area (TPSA) is 86.9 Å². The number of aryl methyl sites for hydroxylation is 1. The average Bonchev–Trinajstić information content (AvgIpc) is 2.94. The Morgan fingerprint density at radius 2 is 1.76 bits per heavy atom. The number of nitrogens with zero attached hydrogens (tertiary/aromatic N) is 2. The van der Waals surface area contributed by atoms with Crippen LogP contribution in [0, 0.1) is 24.5 Å². The molecule has 34 heavy (non-hydrogen) atoms. The molecule has 0 bridgehead atoms. The van der Waals surface area contributed by atoms with Crippen molar-refractivity contribution in [3.8, 4) is 0 Å². The molecule has 1 aliphatic heterocycles. The second-order valence-electron chi connectivity index (χ2n) is 8.99. The van der Waals surface area contributed by atoms with Crippen molar-refractivity contribution >= 4 is 29.9 Å². The largest absolute Gasteiger partial charge is 0.371 e. The number of fused-ring (bicyclic) bond motifs is 1. The summed E-state index contributed by atoms with van der Waals surface area (Å²) in [4.78, 5) is 29.2. The van der Waals surface area contributed by atoms with Gasteiger partial charge in [0, 0.05) is 23.7 Å². The number of carbonyl (C=O) groups excluding carboxylic acids is 2. The molecule has 3 N–H and O–H groups in total. The first-order valence-electron chi connectivity index (χ1n) is 11.3. The van der Waals surface area contributed by atoms with Gasteiger partial charge in [-0.3, -0.25) is 9.59 Å². The van der Waals surface area contributed by atoms with Crippen LogP contribution in [0.1, 0.15) is 53.7 Å². The van der Waals surface area contributed by atoms with Gasteiger partial charge in [-0.25, -0.2) is 8.78 Å². The second kappa shape index (κ2) is 9.60. The van der Waals surface area contributed by atoms with Crippen LogP contribution in [0.3, 0.4) is 0 Å². The summed E-state index contributed by atoms with van der Waals surface area (Å²) < 4.78 is 29.6. The molecule has 6 nitrogen and oxygen atoms in total. The molecule has 1 heterocycles. The van der Waals surface area contributed by atoms with Crippen molar-refractivity contribution in [1.82, 2.24) is 4.90 Å². The fraction of sp³-hybridized carbons (Fsp3) is 0.440. The zero-order valence-corrected chi connectivity index (χ0v) is 20.3. The van der Waals surface area contributed by atoms with E-state index < -0.39 is 34.6 Å². The van der Waals surface area contributed by atoms with Crippen LogP contribution in [0.25, 0.3) is 0 Å². The number of hydrogen-bond acceptors (Lipinski definition) is 4. The number of halogens is 3. The lowest BCUT2D eigenvalue weighted by Crippen LogP contribution is -2.50. The predicted molar refractivity (Wildman–Crippen MR) is 128 cm³/mol. The summed E-state index contributed by atoms with van der Waals surface area (Å²) in [5.41, 5.74) is 3.11. The predicted octanol–water partition coefficient (Wildman–Crippen LogP) is 3.50. The smallest absolute Gasteiger partial charge is 0.268 e. The van der Waals surface area contributed by atoms with Gasteiger partial charge in [-0.15, -0.1) is 12.4 Å². The first-order valence-corrected chi connectivity index (χ1v) is 11.3.